The van der Waals surface area contributed by atoms with Crippen LogP contribution in [0.2, 0.25) is 20.1 Å². The minimum absolute atomic E-state index is 0. The number of benzene rings is 4. The standard InChI is InChI=1S/C25H26Cl2N5O.C24H23Cl2N5O.2CH4.HI/c1-32(2)11-12-33-23(16-32)18-5-3-17(4-6-18)22-14-25(31-24(30-22)9-10-29-31)28-15-19-7-8-20(26)13-21(19)27;1-30-10-11-32-22(15-30)17-4-2-16(3-5-17)21-13-24(31-23(29-21)8-9-28-31)27-14-18-6-7-19(25)12-20(18)26;;;/h3-10,13-14,23,28H,11-12,15-16H2,1-2H3;2-9,12-13,22,27H,10-11,14-15H2,1H3;2*1H4;1H/q+1;;;;/p-1. The van der Waals surface area contributed by atoms with Gasteiger partial charge in [0.1, 0.15) is 30.8 Å². The molecule has 4 aromatic heterocycles. The summed E-state index contributed by atoms with van der Waals surface area (Å²) in [5.41, 5.74) is 9.66. The van der Waals surface area contributed by atoms with Gasteiger partial charge in [-0.2, -0.15) is 19.2 Å². The number of nitrogens with one attached hydrogen (secondary N) is 2. The van der Waals surface area contributed by atoms with Gasteiger partial charge in [-0.1, -0.05) is 122 Å². The van der Waals surface area contributed by atoms with Gasteiger partial charge in [0.15, 0.2) is 11.3 Å². The van der Waals surface area contributed by atoms with Crippen molar-refractivity contribution in [2.45, 2.75) is 40.2 Å². The number of rotatable bonds is 10. The first-order valence-electron chi connectivity index (χ1n) is 21.4. The summed E-state index contributed by atoms with van der Waals surface area (Å²) < 4.78 is 16.5. The van der Waals surface area contributed by atoms with Crippen LogP contribution >= 0.6 is 46.4 Å². The number of quaternary nitrogens is 1. The lowest BCUT2D eigenvalue weighted by Gasteiger charge is -2.38. The predicted molar refractivity (Wildman–Crippen MR) is 275 cm³/mol. The van der Waals surface area contributed by atoms with Crippen LogP contribution in [0.25, 0.3) is 33.8 Å². The van der Waals surface area contributed by atoms with Gasteiger partial charge < -0.3 is 53.5 Å². The lowest BCUT2D eigenvalue weighted by Crippen LogP contribution is -3.00. The summed E-state index contributed by atoms with van der Waals surface area (Å²) in [4.78, 5) is 11.9. The number of hydrogen-bond donors (Lipinski definition) is 2. The molecule has 4 aromatic carbocycles. The van der Waals surface area contributed by atoms with Crippen LogP contribution in [0, 0.1) is 0 Å². The third-order valence-electron chi connectivity index (χ3n) is 11.8. The van der Waals surface area contributed by atoms with Crippen LogP contribution in [0.15, 0.2) is 122 Å². The molecule has 2 N–H and O–H groups in total. The fourth-order valence-corrected chi connectivity index (χ4v) is 8.98. The third-order valence-corrected chi connectivity index (χ3v) is 12.9. The molecule has 8 aromatic rings. The van der Waals surface area contributed by atoms with Gasteiger partial charge in [0.05, 0.1) is 57.2 Å². The van der Waals surface area contributed by atoms with Crippen LogP contribution in [0.4, 0.5) is 11.6 Å². The molecule has 2 aliphatic heterocycles. The highest BCUT2D eigenvalue weighted by atomic mass is 127. The van der Waals surface area contributed by atoms with Gasteiger partial charge in [-0.15, -0.1) is 0 Å². The number of hydrogen-bond acceptors (Lipinski definition) is 9. The summed E-state index contributed by atoms with van der Waals surface area (Å²) in [6, 6.07) is 35.8. The molecule has 0 amide bonds. The maximum Gasteiger partial charge on any atom is 0.157 e. The molecule has 12 nitrogen and oxygen atoms in total. The van der Waals surface area contributed by atoms with Gasteiger partial charge in [0.25, 0.3) is 0 Å². The van der Waals surface area contributed by atoms with E-state index in [4.69, 9.17) is 65.8 Å². The second kappa shape index (κ2) is 23.4. The largest absolute Gasteiger partial charge is 1.00 e. The summed E-state index contributed by atoms with van der Waals surface area (Å²) in [5, 5.41) is 18.2. The van der Waals surface area contributed by atoms with Gasteiger partial charge in [0, 0.05) is 81.7 Å². The highest BCUT2D eigenvalue weighted by Gasteiger charge is 2.29. The van der Waals surface area contributed by atoms with E-state index in [1.54, 1.807) is 33.6 Å². The Morgan fingerprint density at radius 1 is 0.618 bits per heavy atom. The van der Waals surface area contributed by atoms with Crippen molar-refractivity contribution >= 4 is 69.3 Å². The predicted octanol–water partition coefficient (Wildman–Crippen LogP) is 9.06. The molecule has 68 heavy (non-hydrogen) atoms. The number of fused-ring (bicyclic) bond motifs is 2. The van der Waals surface area contributed by atoms with E-state index < -0.39 is 0 Å². The Bertz CT molecular complexity index is 2930. The van der Waals surface area contributed by atoms with Crippen molar-refractivity contribution in [3.8, 4) is 22.5 Å². The smallest absolute Gasteiger partial charge is 0.157 e. The van der Waals surface area contributed by atoms with E-state index in [1.807, 2.05) is 48.5 Å². The Balaban J connectivity index is 0.000000215. The molecule has 358 valence electrons. The van der Waals surface area contributed by atoms with Crippen LogP contribution in [-0.2, 0) is 22.6 Å². The first-order chi connectivity index (χ1) is 31.4. The average Bonchev–Trinajstić information content (AvgIpc) is 3.99. The van der Waals surface area contributed by atoms with Crippen LogP contribution in [0.5, 0.6) is 0 Å². The molecule has 0 bridgehead atoms. The summed E-state index contributed by atoms with van der Waals surface area (Å²) in [6.07, 6.45) is 3.71. The van der Waals surface area contributed by atoms with Gasteiger partial charge in [-0.25, -0.2) is 9.97 Å². The van der Waals surface area contributed by atoms with Crippen molar-refractivity contribution in [3.63, 3.8) is 0 Å². The topological polar surface area (TPSA) is 106 Å². The Morgan fingerprint density at radius 2 is 1.09 bits per heavy atom. The van der Waals surface area contributed by atoms with Gasteiger partial charge in [-0.3, -0.25) is 0 Å². The molecule has 2 fully saturated rings. The number of aromatic nitrogens is 6. The van der Waals surface area contributed by atoms with Crippen molar-refractivity contribution < 1.29 is 37.9 Å². The normalized spacial score (nSPS) is 16.7. The van der Waals surface area contributed by atoms with Crippen LogP contribution in [0.1, 0.15) is 49.3 Å². The van der Waals surface area contributed by atoms with Gasteiger partial charge in [0.2, 0.25) is 0 Å². The fourth-order valence-electron chi connectivity index (χ4n) is 8.03. The zero-order chi connectivity index (χ0) is 45.1. The minimum atomic E-state index is 0. The lowest BCUT2D eigenvalue weighted by atomic mass is 10.0. The Kier molecular flexibility index (Phi) is 18.2. The first-order valence-corrected chi connectivity index (χ1v) is 23.0. The molecule has 0 saturated carbocycles. The number of anilines is 2. The van der Waals surface area contributed by atoms with E-state index in [0.29, 0.717) is 33.2 Å². The zero-order valence-corrected chi connectivity index (χ0v) is 41.8. The molecule has 2 unspecified atom stereocenters. The van der Waals surface area contributed by atoms with E-state index >= 15 is 0 Å². The Morgan fingerprint density at radius 3 is 1.54 bits per heavy atom. The Labute approximate surface area is 436 Å². The maximum absolute atomic E-state index is 6.35. The van der Waals surface area contributed by atoms with E-state index in [0.717, 1.165) is 100 Å². The third kappa shape index (κ3) is 12.6. The van der Waals surface area contributed by atoms with E-state index in [2.05, 4.69) is 95.4 Å². The second-order valence-corrected chi connectivity index (χ2v) is 18.7. The van der Waals surface area contributed by atoms with Crippen molar-refractivity contribution in [3.05, 3.63) is 164 Å². The number of likely N-dealkylation sites (N-methyl/N-ethyl adjacent to an activating group) is 2. The van der Waals surface area contributed by atoms with E-state index in [-0.39, 0.29) is 51.0 Å². The summed E-state index contributed by atoms with van der Waals surface area (Å²) in [6.45, 7) is 6.52. The number of ether oxygens (including phenoxy) is 2. The van der Waals surface area contributed by atoms with Crippen LogP contribution in [-0.4, -0.2) is 99.1 Å². The summed E-state index contributed by atoms with van der Waals surface area (Å²) in [5.74, 6) is 1.67. The summed E-state index contributed by atoms with van der Waals surface area (Å²) >= 11 is 24.7. The average molecular weight is 1110 g/mol. The molecular formula is C51H57Cl4IN10O2. The second-order valence-electron chi connectivity index (χ2n) is 17.0. The quantitative estimate of drug-likeness (QED) is 0.103. The molecule has 2 atom stereocenters. The maximum atomic E-state index is 6.35. The lowest BCUT2D eigenvalue weighted by molar-refractivity contribution is -0.902. The minimum Gasteiger partial charge on any atom is -1.00 e. The molecule has 0 radical (unpaired) electrons. The zero-order valence-electron chi connectivity index (χ0n) is 36.6. The highest BCUT2D eigenvalue weighted by Crippen LogP contribution is 2.31. The monoisotopic (exact) mass is 1110 g/mol. The number of morpholine rings is 2. The van der Waals surface area contributed by atoms with Crippen molar-refractivity contribution in [1.82, 2.24) is 34.1 Å². The molecular weight excluding hydrogens is 1050 g/mol. The molecule has 17 heteroatoms. The van der Waals surface area contributed by atoms with Gasteiger partial charge >= 0.3 is 0 Å². The van der Waals surface area contributed by atoms with Gasteiger partial charge in [-0.05, 0) is 53.6 Å². The van der Waals surface area contributed by atoms with E-state index in [9.17, 15) is 0 Å². The van der Waals surface area contributed by atoms with Crippen molar-refractivity contribution in [1.29, 1.82) is 0 Å². The first kappa shape index (κ1) is 52.8. The van der Waals surface area contributed by atoms with Crippen LogP contribution < -0.4 is 34.6 Å². The van der Waals surface area contributed by atoms with Crippen molar-refractivity contribution in [2.24, 2.45) is 0 Å². The molecule has 6 heterocycles. The van der Waals surface area contributed by atoms with Crippen LogP contribution in [0.3, 0.4) is 0 Å². The summed E-state index contributed by atoms with van der Waals surface area (Å²) in [7, 11) is 6.63. The molecule has 0 spiro atoms. The SMILES string of the molecule is C.C.CN1CCOC(c2ccc(-c3cc(NCc4ccc(Cl)cc4Cl)n4nccc4n3)cc2)C1.C[N+]1(C)CCOC(c2ccc(-c3cc(NCc4ccc(Cl)cc4Cl)n4nccc4n3)cc2)C1.[I-]. The van der Waals surface area contributed by atoms with Crippen molar-refractivity contribution in [2.75, 3.05) is 71.2 Å². The molecule has 2 saturated heterocycles. The molecule has 10 rings (SSSR count). The fraction of sp³-hybridized carbons (Fsp3) is 0.294. The molecule has 0 aliphatic carbocycles. The van der Waals surface area contributed by atoms with E-state index in [1.165, 1.54) is 11.1 Å². The number of nitrogens with zero attached hydrogens (tertiary/aromatic N) is 8. The highest BCUT2D eigenvalue weighted by molar-refractivity contribution is 6.35. The Hall–Kier alpha value is -4.55. The number of halogens is 5. The molecule has 2 aliphatic rings.